The smallest absolute Gasteiger partial charge is 0.408 e. The van der Waals surface area contributed by atoms with Crippen LogP contribution in [0.5, 0.6) is 0 Å². The van der Waals surface area contributed by atoms with Crippen molar-refractivity contribution in [3.05, 3.63) is 30.3 Å². The van der Waals surface area contributed by atoms with Crippen LogP contribution < -0.4 is 5.32 Å². The van der Waals surface area contributed by atoms with Gasteiger partial charge in [0, 0.05) is 4.90 Å². The summed E-state index contributed by atoms with van der Waals surface area (Å²) in [5.74, 6) is 0. The van der Waals surface area contributed by atoms with E-state index < -0.39 is 5.60 Å². The third-order valence-electron chi connectivity index (χ3n) is 2.07. The summed E-state index contributed by atoms with van der Waals surface area (Å²) in [6.45, 7) is 7.62. The average molecular weight is 267 g/mol. The molecule has 0 radical (unpaired) electrons. The van der Waals surface area contributed by atoms with Gasteiger partial charge in [0.1, 0.15) is 5.60 Å². The van der Waals surface area contributed by atoms with Crippen LogP contribution >= 0.6 is 11.8 Å². The first-order valence-corrected chi connectivity index (χ1v) is 7.00. The molecule has 1 N–H and O–H groups in total. The van der Waals surface area contributed by atoms with Crippen molar-refractivity contribution in [2.24, 2.45) is 0 Å². The summed E-state index contributed by atoms with van der Waals surface area (Å²) < 4.78 is 5.24. The van der Waals surface area contributed by atoms with Crippen LogP contribution in [0, 0.1) is 0 Å². The molecule has 0 spiro atoms. The number of ether oxygens (including phenoxy) is 1. The number of carbonyl (C=O) groups excluding carboxylic acids is 1. The Balaban J connectivity index is 2.50. The zero-order chi connectivity index (χ0) is 13.6. The lowest BCUT2D eigenvalue weighted by molar-refractivity contribution is 0.0521. The molecule has 0 aromatic heterocycles. The molecule has 3 nitrogen and oxygen atoms in total. The molecule has 4 heteroatoms. The topological polar surface area (TPSA) is 38.3 Å². The molecule has 100 valence electrons. The summed E-state index contributed by atoms with van der Waals surface area (Å²) in [5.41, 5.74) is -0.459. The monoisotopic (exact) mass is 267 g/mol. The van der Waals surface area contributed by atoms with Gasteiger partial charge in [0.05, 0.1) is 5.37 Å². The molecule has 0 heterocycles. The lowest BCUT2D eigenvalue weighted by Crippen LogP contribution is -2.37. The van der Waals surface area contributed by atoms with Crippen molar-refractivity contribution in [3.63, 3.8) is 0 Å². The number of hydrogen-bond acceptors (Lipinski definition) is 3. The molecule has 0 bridgehead atoms. The first kappa shape index (κ1) is 14.9. The number of amides is 1. The van der Waals surface area contributed by atoms with E-state index in [1.807, 2.05) is 58.0 Å². The SMILES string of the molecule is CCC(NC(=O)OC(C)(C)C)Sc1ccccc1. The molecule has 0 fully saturated rings. The van der Waals surface area contributed by atoms with Crippen LogP contribution in [0.15, 0.2) is 35.2 Å². The third kappa shape index (κ3) is 5.96. The van der Waals surface area contributed by atoms with Crippen molar-refractivity contribution >= 4 is 17.9 Å². The van der Waals surface area contributed by atoms with Gasteiger partial charge < -0.3 is 10.1 Å². The van der Waals surface area contributed by atoms with E-state index in [9.17, 15) is 4.79 Å². The Morgan fingerprint density at radius 2 is 1.94 bits per heavy atom. The van der Waals surface area contributed by atoms with Crippen molar-refractivity contribution in [2.75, 3.05) is 0 Å². The van der Waals surface area contributed by atoms with E-state index in [1.165, 1.54) is 0 Å². The Morgan fingerprint density at radius 3 is 2.44 bits per heavy atom. The fourth-order valence-electron chi connectivity index (χ4n) is 1.32. The first-order chi connectivity index (χ1) is 8.40. The minimum absolute atomic E-state index is 0.0299. The van der Waals surface area contributed by atoms with Crippen LogP contribution in [0.3, 0.4) is 0 Å². The number of thioether (sulfide) groups is 1. The molecule has 1 rings (SSSR count). The molecule has 1 unspecified atom stereocenters. The van der Waals surface area contributed by atoms with Gasteiger partial charge in [-0.2, -0.15) is 0 Å². The first-order valence-electron chi connectivity index (χ1n) is 6.12. The Hall–Kier alpha value is -1.16. The number of hydrogen-bond donors (Lipinski definition) is 1. The molecule has 1 aromatic carbocycles. The van der Waals surface area contributed by atoms with Gasteiger partial charge >= 0.3 is 6.09 Å². The lowest BCUT2D eigenvalue weighted by atomic mass is 10.2. The van der Waals surface area contributed by atoms with Gasteiger partial charge in [-0.15, -0.1) is 11.8 Å². The highest BCUT2D eigenvalue weighted by atomic mass is 32.2. The standard InChI is InChI=1S/C14H21NO2S/c1-5-12(15-13(16)17-14(2,3)4)18-11-9-7-6-8-10-11/h6-10,12H,5H2,1-4H3,(H,15,16). The van der Waals surface area contributed by atoms with Gasteiger partial charge in [0.25, 0.3) is 0 Å². The number of nitrogens with one attached hydrogen (secondary N) is 1. The fourth-order valence-corrected chi connectivity index (χ4v) is 2.28. The van der Waals surface area contributed by atoms with E-state index in [0.29, 0.717) is 0 Å². The van der Waals surface area contributed by atoms with Crippen LogP contribution in [0.1, 0.15) is 34.1 Å². The van der Waals surface area contributed by atoms with Crippen molar-refractivity contribution < 1.29 is 9.53 Å². The third-order valence-corrected chi connectivity index (χ3v) is 3.35. The van der Waals surface area contributed by atoms with Crippen molar-refractivity contribution in [2.45, 2.75) is 50.0 Å². The molecule has 0 aliphatic carbocycles. The van der Waals surface area contributed by atoms with E-state index in [1.54, 1.807) is 11.8 Å². The molecule has 0 aliphatic rings. The van der Waals surface area contributed by atoms with E-state index >= 15 is 0 Å². The molecule has 1 atom stereocenters. The lowest BCUT2D eigenvalue weighted by Gasteiger charge is -2.22. The second-order valence-corrected chi connectivity index (χ2v) is 6.25. The van der Waals surface area contributed by atoms with Crippen molar-refractivity contribution in [3.8, 4) is 0 Å². The second kappa shape index (κ2) is 6.69. The predicted molar refractivity (Wildman–Crippen MR) is 75.7 cm³/mol. The minimum Gasteiger partial charge on any atom is -0.444 e. The van der Waals surface area contributed by atoms with Gasteiger partial charge in [0.2, 0.25) is 0 Å². The van der Waals surface area contributed by atoms with Crippen LogP contribution in [0.2, 0.25) is 0 Å². The zero-order valence-electron chi connectivity index (χ0n) is 11.4. The summed E-state index contributed by atoms with van der Waals surface area (Å²) in [6.07, 6.45) is 0.483. The minimum atomic E-state index is -0.459. The van der Waals surface area contributed by atoms with Gasteiger partial charge in [-0.05, 0) is 39.3 Å². The molecule has 18 heavy (non-hydrogen) atoms. The van der Waals surface area contributed by atoms with E-state index in [-0.39, 0.29) is 11.5 Å². The summed E-state index contributed by atoms with van der Waals surface area (Å²) in [7, 11) is 0. The van der Waals surface area contributed by atoms with E-state index in [0.717, 1.165) is 11.3 Å². The molecule has 0 saturated heterocycles. The maximum atomic E-state index is 11.7. The highest BCUT2D eigenvalue weighted by Crippen LogP contribution is 2.23. The van der Waals surface area contributed by atoms with Crippen molar-refractivity contribution in [1.29, 1.82) is 0 Å². The fraction of sp³-hybridized carbons (Fsp3) is 0.500. The summed E-state index contributed by atoms with van der Waals surface area (Å²) in [6, 6.07) is 10.0. The number of benzene rings is 1. The van der Waals surface area contributed by atoms with Crippen LogP contribution in [-0.2, 0) is 4.74 Å². The van der Waals surface area contributed by atoms with Gasteiger partial charge in [-0.25, -0.2) is 4.79 Å². The Morgan fingerprint density at radius 1 is 1.33 bits per heavy atom. The molecule has 1 amide bonds. The maximum Gasteiger partial charge on any atom is 0.408 e. The van der Waals surface area contributed by atoms with E-state index in [4.69, 9.17) is 4.74 Å². The number of carbonyl (C=O) groups is 1. The Kier molecular flexibility index (Phi) is 5.54. The van der Waals surface area contributed by atoms with Crippen molar-refractivity contribution in [1.82, 2.24) is 5.32 Å². The maximum absolute atomic E-state index is 11.7. The van der Waals surface area contributed by atoms with Gasteiger partial charge in [-0.3, -0.25) is 0 Å². The van der Waals surface area contributed by atoms with Crippen LogP contribution in [-0.4, -0.2) is 17.1 Å². The largest absolute Gasteiger partial charge is 0.444 e. The molecule has 0 saturated carbocycles. The number of rotatable bonds is 4. The predicted octanol–water partition coefficient (Wildman–Crippen LogP) is 4.04. The quantitative estimate of drug-likeness (QED) is 0.661. The molecule has 1 aromatic rings. The second-order valence-electron chi connectivity index (χ2n) is 4.97. The van der Waals surface area contributed by atoms with E-state index in [2.05, 4.69) is 5.32 Å². The Bertz CT molecular complexity index is 373. The normalized spacial score (nSPS) is 12.9. The zero-order valence-corrected chi connectivity index (χ0v) is 12.2. The molecule has 0 aliphatic heterocycles. The highest BCUT2D eigenvalue weighted by molar-refractivity contribution is 7.99. The van der Waals surface area contributed by atoms with Gasteiger partial charge in [0.15, 0.2) is 0 Å². The summed E-state index contributed by atoms with van der Waals surface area (Å²) in [5, 5.41) is 2.90. The molecular formula is C14H21NO2S. The molecular weight excluding hydrogens is 246 g/mol. The highest BCUT2D eigenvalue weighted by Gasteiger charge is 2.19. The summed E-state index contributed by atoms with van der Waals surface area (Å²) >= 11 is 1.63. The van der Waals surface area contributed by atoms with Gasteiger partial charge in [-0.1, -0.05) is 25.1 Å². The van der Waals surface area contributed by atoms with Crippen LogP contribution in [0.25, 0.3) is 0 Å². The average Bonchev–Trinajstić information content (AvgIpc) is 2.27. The van der Waals surface area contributed by atoms with Crippen LogP contribution in [0.4, 0.5) is 4.79 Å². The number of alkyl carbamates (subject to hydrolysis) is 1. The summed E-state index contributed by atoms with van der Waals surface area (Å²) in [4.78, 5) is 12.8. The Labute approximate surface area is 113 Å².